The third-order valence-corrected chi connectivity index (χ3v) is 7.28. The standard InChI is InChI=1S/C18H29NO.C17H27NO/c1-18(2,3)20-17-10-8-16(9-11-17)12-15-19-13-6-4-5-7-14-19;1-17(2,3)19-16-9-7-15(8-10-16)11-14-18-12-5-4-6-13-18/h8-11H,4-7,12-15H2,1-3H3;7-10H,4-6,11-14H2,1-3H3. The molecule has 0 N–H and O–H groups in total. The Labute approximate surface area is 240 Å². The molecule has 2 aromatic carbocycles. The van der Waals surface area contributed by atoms with Gasteiger partial charge in [0.05, 0.1) is 0 Å². The van der Waals surface area contributed by atoms with E-state index < -0.39 is 0 Å². The van der Waals surface area contributed by atoms with Gasteiger partial charge in [0.15, 0.2) is 0 Å². The van der Waals surface area contributed by atoms with Crippen molar-refractivity contribution < 1.29 is 9.47 Å². The summed E-state index contributed by atoms with van der Waals surface area (Å²) in [5.41, 5.74) is 2.59. The maximum Gasteiger partial charge on any atom is 0.120 e. The minimum atomic E-state index is -0.117. The predicted octanol–water partition coefficient (Wildman–Crippen LogP) is 8.17. The number of rotatable bonds is 8. The van der Waals surface area contributed by atoms with E-state index in [2.05, 4.69) is 99.9 Å². The number of nitrogens with zero attached hydrogens (tertiary/aromatic N) is 2. The van der Waals surface area contributed by atoms with Gasteiger partial charge in [0.25, 0.3) is 0 Å². The molecule has 0 aromatic heterocycles. The highest BCUT2D eigenvalue weighted by molar-refractivity contribution is 5.28. The normalized spacial score (nSPS) is 17.6. The molecule has 2 fully saturated rings. The molecule has 0 aliphatic carbocycles. The molecule has 39 heavy (non-hydrogen) atoms. The Morgan fingerprint density at radius 1 is 0.487 bits per heavy atom. The molecule has 218 valence electrons. The fourth-order valence-electron chi connectivity index (χ4n) is 5.27. The Bertz CT molecular complexity index is 911. The van der Waals surface area contributed by atoms with E-state index in [4.69, 9.17) is 9.47 Å². The number of hydrogen-bond acceptors (Lipinski definition) is 4. The first-order valence-electron chi connectivity index (χ1n) is 15.6. The van der Waals surface area contributed by atoms with Gasteiger partial charge in [-0.3, -0.25) is 0 Å². The van der Waals surface area contributed by atoms with Crippen molar-refractivity contribution in [3.63, 3.8) is 0 Å². The zero-order valence-electron chi connectivity index (χ0n) is 25.9. The van der Waals surface area contributed by atoms with E-state index in [1.807, 2.05) is 0 Å². The van der Waals surface area contributed by atoms with Gasteiger partial charge in [-0.1, -0.05) is 43.5 Å². The lowest BCUT2D eigenvalue weighted by atomic mass is 10.1. The molecular formula is C35H56N2O2. The van der Waals surface area contributed by atoms with Crippen LogP contribution in [0.3, 0.4) is 0 Å². The van der Waals surface area contributed by atoms with Crippen LogP contribution in [0.25, 0.3) is 0 Å². The summed E-state index contributed by atoms with van der Waals surface area (Å²) in [6, 6.07) is 17.2. The van der Waals surface area contributed by atoms with Crippen LogP contribution < -0.4 is 9.47 Å². The van der Waals surface area contributed by atoms with Crippen molar-refractivity contribution in [3.05, 3.63) is 59.7 Å². The van der Waals surface area contributed by atoms with E-state index in [0.717, 1.165) is 24.3 Å². The van der Waals surface area contributed by atoms with Crippen LogP contribution in [0.4, 0.5) is 0 Å². The SMILES string of the molecule is CC(C)(C)Oc1ccc(CCN2CCCCC2)cc1.CC(C)(C)Oc1ccc(CCN2CCCCCC2)cc1. The summed E-state index contributed by atoms with van der Waals surface area (Å²) < 4.78 is 11.7. The molecule has 2 aromatic rings. The summed E-state index contributed by atoms with van der Waals surface area (Å²) in [5.74, 6) is 1.94. The van der Waals surface area contributed by atoms with Crippen LogP contribution in [0.15, 0.2) is 48.5 Å². The second kappa shape index (κ2) is 15.7. The van der Waals surface area contributed by atoms with Crippen molar-refractivity contribution in [2.45, 2.75) is 111 Å². The number of benzene rings is 2. The topological polar surface area (TPSA) is 24.9 Å². The first-order chi connectivity index (χ1) is 18.6. The van der Waals surface area contributed by atoms with Crippen LogP contribution in [-0.4, -0.2) is 60.3 Å². The van der Waals surface area contributed by atoms with Gasteiger partial charge in [0.1, 0.15) is 22.7 Å². The maximum atomic E-state index is 5.86. The van der Waals surface area contributed by atoms with Gasteiger partial charge in [0.2, 0.25) is 0 Å². The molecule has 2 aliphatic heterocycles. The summed E-state index contributed by atoms with van der Waals surface area (Å²) in [4.78, 5) is 5.20. The molecule has 0 atom stereocenters. The molecule has 0 saturated carbocycles. The molecule has 2 saturated heterocycles. The Morgan fingerprint density at radius 2 is 0.795 bits per heavy atom. The van der Waals surface area contributed by atoms with Crippen LogP contribution in [0.5, 0.6) is 11.5 Å². The Balaban J connectivity index is 0.000000216. The average Bonchev–Trinajstić information content (AvgIpc) is 3.16. The summed E-state index contributed by atoms with van der Waals surface area (Å²) in [7, 11) is 0. The van der Waals surface area contributed by atoms with Crippen LogP contribution in [0, 0.1) is 0 Å². The zero-order chi connectivity index (χ0) is 28.1. The van der Waals surface area contributed by atoms with Crippen molar-refractivity contribution in [2.24, 2.45) is 0 Å². The molecule has 0 radical (unpaired) electrons. The lowest BCUT2D eigenvalue weighted by Crippen LogP contribution is -2.31. The molecule has 4 nitrogen and oxygen atoms in total. The molecule has 4 rings (SSSR count). The highest BCUT2D eigenvalue weighted by atomic mass is 16.5. The Hall–Kier alpha value is -2.04. The van der Waals surface area contributed by atoms with E-state index in [1.165, 1.54) is 95.3 Å². The van der Waals surface area contributed by atoms with Gasteiger partial charge in [-0.05, 0) is 142 Å². The van der Waals surface area contributed by atoms with Crippen LogP contribution >= 0.6 is 0 Å². The highest BCUT2D eigenvalue weighted by Crippen LogP contribution is 2.20. The minimum absolute atomic E-state index is 0.116. The quantitative estimate of drug-likeness (QED) is 0.340. The third kappa shape index (κ3) is 13.7. The number of hydrogen-bond donors (Lipinski definition) is 0. The summed E-state index contributed by atoms with van der Waals surface area (Å²) in [6.45, 7) is 20.0. The van der Waals surface area contributed by atoms with Crippen LogP contribution in [0.1, 0.15) is 97.6 Å². The molecule has 0 spiro atoms. The second-order valence-electron chi connectivity index (χ2n) is 13.4. The van der Waals surface area contributed by atoms with E-state index in [9.17, 15) is 0 Å². The summed E-state index contributed by atoms with van der Waals surface area (Å²) in [5, 5.41) is 0. The summed E-state index contributed by atoms with van der Waals surface area (Å²) in [6.07, 6.45) is 12.0. The van der Waals surface area contributed by atoms with Gasteiger partial charge >= 0.3 is 0 Å². The molecule has 2 aliphatic rings. The molecule has 0 unspecified atom stereocenters. The van der Waals surface area contributed by atoms with Gasteiger partial charge < -0.3 is 19.3 Å². The van der Waals surface area contributed by atoms with Gasteiger partial charge in [0, 0.05) is 13.1 Å². The Morgan fingerprint density at radius 3 is 1.10 bits per heavy atom. The molecular weight excluding hydrogens is 480 g/mol. The first kappa shape index (κ1) is 31.5. The molecule has 0 amide bonds. The van der Waals surface area contributed by atoms with Crippen molar-refractivity contribution in [2.75, 3.05) is 39.3 Å². The molecule has 0 bridgehead atoms. The Kier molecular flexibility index (Phi) is 12.7. The lowest BCUT2D eigenvalue weighted by Gasteiger charge is -2.26. The fourth-order valence-corrected chi connectivity index (χ4v) is 5.27. The van der Waals surface area contributed by atoms with Gasteiger partial charge in [-0.2, -0.15) is 0 Å². The van der Waals surface area contributed by atoms with Crippen molar-refractivity contribution >= 4 is 0 Å². The van der Waals surface area contributed by atoms with Crippen molar-refractivity contribution in [1.29, 1.82) is 0 Å². The second-order valence-corrected chi connectivity index (χ2v) is 13.4. The molecule has 2 heterocycles. The fraction of sp³-hybridized carbons (Fsp3) is 0.657. The van der Waals surface area contributed by atoms with E-state index in [1.54, 1.807) is 0 Å². The maximum absolute atomic E-state index is 5.86. The predicted molar refractivity (Wildman–Crippen MR) is 166 cm³/mol. The van der Waals surface area contributed by atoms with Crippen LogP contribution in [0.2, 0.25) is 0 Å². The average molecular weight is 537 g/mol. The number of piperidine rings is 1. The van der Waals surface area contributed by atoms with Crippen molar-refractivity contribution in [1.82, 2.24) is 9.80 Å². The van der Waals surface area contributed by atoms with Gasteiger partial charge in [-0.25, -0.2) is 0 Å². The number of likely N-dealkylation sites (tertiary alicyclic amines) is 2. The first-order valence-corrected chi connectivity index (χ1v) is 15.6. The number of ether oxygens (including phenoxy) is 2. The monoisotopic (exact) mass is 536 g/mol. The highest BCUT2D eigenvalue weighted by Gasteiger charge is 2.13. The van der Waals surface area contributed by atoms with E-state index in [0.29, 0.717) is 0 Å². The van der Waals surface area contributed by atoms with Gasteiger partial charge in [-0.15, -0.1) is 0 Å². The largest absolute Gasteiger partial charge is 0.488 e. The van der Waals surface area contributed by atoms with Crippen molar-refractivity contribution in [3.8, 4) is 11.5 Å². The smallest absolute Gasteiger partial charge is 0.120 e. The molecule has 4 heteroatoms. The van der Waals surface area contributed by atoms with E-state index >= 15 is 0 Å². The minimum Gasteiger partial charge on any atom is -0.488 e. The van der Waals surface area contributed by atoms with E-state index in [-0.39, 0.29) is 11.2 Å². The third-order valence-electron chi connectivity index (χ3n) is 7.28. The van der Waals surface area contributed by atoms with Crippen LogP contribution in [-0.2, 0) is 12.8 Å². The summed E-state index contributed by atoms with van der Waals surface area (Å²) >= 11 is 0. The lowest BCUT2D eigenvalue weighted by molar-refractivity contribution is 0.130. The zero-order valence-corrected chi connectivity index (χ0v) is 25.9.